The topological polar surface area (TPSA) is 73.0 Å². The van der Waals surface area contributed by atoms with E-state index in [-0.39, 0.29) is 12.0 Å². The van der Waals surface area contributed by atoms with Gasteiger partial charge in [0.1, 0.15) is 0 Å². The van der Waals surface area contributed by atoms with Crippen molar-refractivity contribution < 1.29 is 4.42 Å². The van der Waals surface area contributed by atoms with E-state index in [1.807, 2.05) is 44.1 Å². The van der Waals surface area contributed by atoms with E-state index in [1.165, 1.54) is 0 Å². The standard InChI is InChI=1S/C14H17N3O2/c1-4-9(8-15)13(17(2)3)10-5-6-11-12(7-10)19-14(18)16-11/h5-7,9,13H,4H2,1-3H3,(H,16,18). The van der Waals surface area contributed by atoms with Crippen LogP contribution in [0.5, 0.6) is 0 Å². The number of nitrogens with zero attached hydrogens (tertiary/aromatic N) is 2. The van der Waals surface area contributed by atoms with Crippen LogP contribution < -0.4 is 5.76 Å². The summed E-state index contributed by atoms with van der Waals surface area (Å²) in [7, 11) is 3.89. The molecule has 0 aliphatic heterocycles. The van der Waals surface area contributed by atoms with Crippen LogP contribution in [0.2, 0.25) is 0 Å². The Hall–Kier alpha value is -2.06. The van der Waals surface area contributed by atoms with Gasteiger partial charge in [0.15, 0.2) is 5.58 Å². The van der Waals surface area contributed by atoms with E-state index in [0.29, 0.717) is 11.1 Å². The molecule has 0 radical (unpaired) electrons. The fourth-order valence-electron chi connectivity index (χ4n) is 2.42. The summed E-state index contributed by atoms with van der Waals surface area (Å²) in [5.41, 5.74) is 2.19. The zero-order valence-corrected chi connectivity index (χ0v) is 11.3. The lowest BCUT2D eigenvalue weighted by molar-refractivity contribution is 0.241. The number of H-pyrrole nitrogens is 1. The van der Waals surface area contributed by atoms with Gasteiger partial charge in [-0.15, -0.1) is 0 Å². The Morgan fingerprint density at radius 3 is 2.79 bits per heavy atom. The molecule has 19 heavy (non-hydrogen) atoms. The number of hydrogen-bond acceptors (Lipinski definition) is 4. The molecule has 0 fully saturated rings. The normalized spacial score (nSPS) is 14.5. The minimum absolute atomic E-state index is 0.0143. The molecule has 0 amide bonds. The molecule has 5 heteroatoms. The number of nitriles is 1. The number of nitrogens with one attached hydrogen (secondary N) is 1. The zero-order chi connectivity index (χ0) is 14.0. The number of fused-ring (bicyclic) bond motifs is 1. The van der Waals surface area contributed by atoms with Gasteiger partial charge in [0.25, 0.3) is 0 Å². The molecule has 5 nitrogen and oxygen atoms in total. The lowest BCUT2D eigenvalue weighted by Crippen LogP contribution is -2.26. The number of hydrogen-bond donors (Lipinski definition) is 1. The smallest absolute Gasteiger partial charge is 0.408 e. The maximum Gasteiger partial charge on any atom is 0.417 e. The summed E-state index contributed by atoms with van der Waals surface area (Å²) in [5, 5.41) is 9.27. The van der Waals surface area contributed by atoms with Crippen LogP contribution in [0.1, 0.15) is 24.9 Å². The molecular formula is C14H17N3O2. The predicted molar refractivity (Wildman–Crippen MR) is 72.7 cm³/mol. The van der Waals surface area contributed by atoms with Crippen molar-refractivity contribution in [2.75, 3.05) is 14.1 Å². The maximum absolute atomic E-state index is 11.2. The molecule has 0 saturated heterocycles. The average molecular weight is 259 g/mol. The van der Waals surface area contributed by atoms with Crippen LogP contribution in [-0.4, -0.2) is 24.0 Å². The van der Waals surface area contributed by atoms with Crippen molar-refractivity contribution in [3.8, 4) is 6.07 Å². The lowest BCUT2D eigenvalue weighted by Gasteiger charge is -2.28. The molecule has 0 bridgehead atoms. The van der Waals surface area contributed by atoms with Crippen LogP contribution >= 0.6 is 0 Å². The van der Waals surface area contributed by atoms with Gasteiger partial charge in [-0.2, -0.15) is 5.26 Å². The molecular weight excluding hydrogens is 242 g/mol. The first-order chi connectivity index (χ1) is 9.06. The number of benzene rings is 1. The second kappa shape index (κ2) is 5.29. The van der Waals surface area contributed by atoms with Crippen LogP contribution in [-0.2, 0) is 0 Å². The van der Waals surface area contributed by atoms with E-state index in [2.05, 4.69) is 11.1 Å². The van der Waals surface area contributed by atoms with Gasteiger partial charge in [0.2, 0.25) is 0 Å². The van der Waals surface area contributed by atoms with Crippen molar-refractivity contribution >= 4 is 11.1 Å². The largest absolute Gasteiger partial charge is 0.417 e. The van der Waals surface area contributed by atoms with Gasteiger partial charge in [0.05, 0.1) is 23.5 Å². The number of rotatable bonds is 4. The number of oxazole rings is 1. The molecule has 100 valence electrons. The summed E-state index contributed by atoms with van der Waals surface area (Å²) in [4.78, 5) is 15.8. The molecule has 2 atom stereocenters. The molecule has 1 heterocycles. The van der Waals surface area contributed by atoms with Crippen LogP contribution in [0.3, 0.4) is 0 Å². The second-order valence-electron chi connectivity index (χ2n) is 4.82. The minimum Gasteiger partial charge on any atom is -0.408 e. The minimum atomic E-state index is -0.458. The first kappa shape index (κ1) is 13.4. The first-order valence-corrected chi connectivity index (χ1v) is 6.25. The molecule has 0 saturated carbocycles. The number of aromatic nitrogens is 1. The summed E-state index contributed by atoms with van der Waals surface area (Å²) >= 11 is 0. The van der Waals surface area contributed by atoms with E-state index < -0.39 is 5.76 Å². The third-order valence-corrected chi connectivity index (χ3v) is 3.33. The Kier molecular flexibility index (Phi) is 3.72. The highest BCUT2D eigenvalue weighted by Crippen LogP contribution is 2.30. The molecule has 1 aromatic heterocycles. The van der Waals surface area contributed by atoms with E-state index in [0.717, 1.165) is 12.0 Å². The summed E-state index contributed by atoms with van der Waals surface area (Å²) in [6, 6.07) is 7.90. The van der Waals surface area contributed by atoms with Gasteiger partial charge in [0, 0.05) is 0 Å². The molecule has 1 aromatic carbocycles. The van der Waals surface area contributed by atoms with Gasteiger partial charge in [-0.25, -0.2) is 4.79 Å². The Morgan fingerprint density at radius 1 is 1.47 bits per heavy atom. The van der Waals surface area contributed by atoms with E-state index >= 15 is 0 Å². The lowest BCUT2D eigenvalue weighted by atomic mass is 9.91. The summed E-state index contributed by atoms with van der Waals surface area (Å²) in [5.74, 6) is -0.556. The van der Waals surface area contributed by atoms with Gasteiger partial charge < -0.3 is 9.32 Å². The SMILES string of the molecule is CCC(C#N)C(c1ccc2[nH]c(=O)oc2c1)N(C)C. The van der Waals surface area contributed by atoms with E-state index in [4.69, 9.17) is 4.42 Å². The van der Waals surface area contributed by atoms with Crippen LogP contribution in [0, 0.1) is 17.2 Å². The Bertz CT molecular complexity index is 663. The van der Waals surface area contributed by atoms with Crippen molar-refractivity contribution in [3.05, 3.63) is 34.3 Å². The number of aromatic amines is 1. The van der Waals surface area contributed by atoms with Crippen LogP contribution in [0.25, 0.3) is 11.1 Å². The molecule has 0 aliphatic rings. The third-order valence-electron chi connectivity index (χ3n) is 3.33. The fourth-order valence-corrected chi connectivity index (χ4v) is 2.42. The molecule has 2 aromatic rings. The van der Waals surface area contributed by atoms with Gasteiger partial charge >= 0.3 is 5.76 Å². The summed E-state index contributed by atoms with van der Waals surface area (Å²) in [6.45, 7) is 2.00. The summed E-state index contributed by atoms with van der Waals surface area (Å²) < 4.78 is 5.07. The van der Waals surface area contributed by atoms with Crippen molar-refractivity contribution in [3.63, 3.8) is 0 Å². The quantitative estimate of drug-likeness (QED) is 0.914. The molecule has 1 N–H and O–H groups in total. The Balaban J connectivity index is 2.50. The van der Waals surface area contributed by atoms with Crippen LogP contribution in [0.15, 0.2) is 27.4 Å². The van der Waals surface area contributed by atoms with Crippen molar-refractivity contribution in [2.24, 2.45) is 5.92 Å². The van der Waals surface area contributed by atoms with Gasteiger partial charge in [-0.1, -0.05) is 13.0 Å². The monoisotopic (exact) mass is 259 g/mol. The van der Waals surface area contributed by atoms with E-state index in [1.54, 1.807) is 0 Å². The predicted octanol–water partition coefficient (Wildman–Crippen LogP) is 2.27. The highest BCUT2D eigenvalue weighted by Gasteiger charge is 2.24. The Labute approximate surface area is 111 Å². The summed E-state index contributed by atoms with van der Waals surface area (Å²) in [6.07, 6.45) is 0.772. The van der Waals surface area contributed by atoms with Crippen molar-refractivity contribution in [1.29, 1.82) is 5.26 Å². The maximum atomic E-state index is 11.2. The van der Waals surface area contributed by atoms with Gasteiger partial charge in [-0.3, -0.25) is 4.98 Å². The van der Waals surface area contributed by atoms with Gasteiger partial charge in [-0.05, 0) is 38.2 Å². The van der Waals surface area contributed by atoms with Crippen molar-refractivity contribution in [2.45, 2.75) is 19.4 Å². The zero-order valence-electron chi connectivity index (χ0n) is 11.3. The average Bonchev–Trinajstić information content (AvgIpc) is 2.74. The Morgan fingerprint density at radius 2 is 2.21 bits per heavy atom. The molecule has 2 rings (SSSR count). The molecule has 0 spiro atoms. The van der Waals surface area contributed by atoms with E-state index in [9.17, 15) is 10.1 Å². The van der Waals surface area contributed by atoms with Crippen LogP contribution in [0.4, 0.5) is 0 Å². The van der Waals surface area contributed by atoms with Crippen molar-refractivity contribution in [1.82, 2.24) is 9.88 Å². The fraction of sp³-hybridized carbons (Fsp3) is 0.429. The molecule has 2 unspecified atom stereocenters. The third kappa shape index (κ3) is 2.54. The highest BCUT2D eigenvalue weighted by atomic mass is 16.4. The first-order valence-electron chi connectivity index (χ1n) is 6.25. The highest BCUT2D eigenvalue weighted by molar-refractivity contribution is 5.72. The second-order valence-corrected chi connectivity index (χ2v) is 4.82. The molecule has 0 aliphatic carbocycles.